The third kappa shape index (κ3) is 1.26. The van der Waals surface area contributed by atoms with Gasteiger partial charge >= 0.3 is 0 Å². The Kier molecular flexibility index (Phi) is 1.94. The van der Waals surface area contributed by atoms with Gasteiger partial charge in [-0.25, -0.2) is 9.97 Å². The third-order valence-corrected chi connectivity index (χ3v) is 2.41. The molecule has 0 N–H and O–H groups in total. The Labute approximate surface area is 72.4 Å². The highest BCUT2D eigenvalue weighted by Crippen LogP contribution is 2.21. The van der Waals surface area contributed by atoms with Crippen LogP contribution in [0.25, 0.3) is 0 Å². The molecule has 1 fully saturated rings. The van der Waals surface area contributed by atoms with Gasteiger partial charge in [-0.05, 0) is 25.8 Å². The van der Waals surface area contributed by atoms with Crippen LogP contribution in [0.3, 0.4) is 0 Å². The highest BCUT2D eigenvalue weighted by Gasteiger charge is 2.20. The van der Waals surface area contributed by atoms with Crippen molar-refractivity contribution in [2.75, 3.05) is 11.4 Å². The molecule has 0 saturated carbocycles. The Morgan fingerprint density at radius 1 is 1.58 bits per heavy atom. The zero-order valence-electron chi connectivity index (χ0n) is 7.27. The van der Waals surface area contributed by atoms with Crippen molar-refractivity contribution in [1.82, 2.24) is 9.97 Å². The molecule has 0 amide bonds. The second-order valence-electron chi connectivity index (χ2n) is 3.25. The van der Waals surface area contributed by atoms with Crippen LogP contribution in [-0.2, 0) is 0 Å². The second-order valence-corrected chi connectivity index (χ2v) is 3.25. The second kappa shape index (κ2) is 3.09. The van der Waals surface area contributed by atoms with Crippen molar-refractivity contribution in [3.8, 4) is 0 Å². The summed E-state index contributed by atoms with van der Waals surface area (Å²) < 4.78 is 0. The number of hydrogen-bond acceptors (Lipinski definition) is 3. The van der Waals surface area contributed by atoms with E-state index in [2.05, 4.69) is 21.8 Å². The first-order valence-corrected chi connectivity index (χ1v) is 4.40. The van der Waals surface area contributed by atoms with Crippen LogP contribution in [0.1, 0.15) is 19.8 Å². The molecule has 1 aromatic heterocycles. The topological polar surface area (TPSA) is 29.0 Å². The molecule has 2 rings (SSSR count). The Morgan fingerprint density at radius 3 is 3.08 bits per heavy atom. The predicted octanol–water partition coefficient (Wildman–Crippen LogP) is 1.47. The van der Waals surface area contributed by atoms with Gasteiger partial charge in [-0.2, -0.15) is 0 Å². The van der Waals surface area contributed by atoms with Gasteiger partial charge in [0.1, 0.15) is 12.1 Å². The SMILES string of the molecule is CC1CCCN1c1ccncn1. The lowest BCUT2D eigenvalue weighted by Gasteiger charge is -2.21. The number of anilines is 1. The fourth-order valence-electron chi connectivity index (χ4n) is 1.73. The van der Waals surface area contributed by atoms with Gasteiger partial charge in [0.2, 0.25) is 0 Å². The van der Waals surface area contributed by atoms with Crippen LogP contribution < -0.4 is 4.90 Å². The zero-order chi connectivity index (χ0) is 8.39. The Morgan fingerprint density at radius 2 is 2.50 bits per heavy atom. The molecule has 1 saturated heterocycles. The number of hydrogen-bond donors (Lipinski definition) is 0. The predicted molar refractivity (Wildman–Crippen MR) is 48.1 cm³/mol. The Bertz CT molecular complexity index is 247. The fourth-order valence-corrected chi connectivity index (χ4v) is 1.73. The molecular weight excluding hydrogens is 150 g/mol. The van der Waals surface area contributed by atoms with Gasteiger partial charge in [-0.3, -0.25) is 0 Å². The van der Waals surface area contributed by atoms with Crippen LogP contribution in [0.2, 0.25) is 0 Å². The minimum atomic E-state index is 0.639. The monoisotopic (exact) mass is 163 g/mol. The fraction of sp³-hybridized carbons (Fsp3) is 0.556. The van der Waals surface area contributed by atoms with Crippen molar-refractivity contribution in [2.45, 2.75) is 25.8 Å². The molecular formula is C9H13N3. The van der Waals surface area contributed by atoms with Crippen molar-refractivity contribution >= 4 is 5.82 Å². The summed E-state index contributed by atoms with van der Waals surface area (Å²) in [6.07, 6.45) is 5.98. The summed E-state index contributed by atoms with van der Waals surface area (Å²) in [5, 5.41) is 0. The standard InChI is InChI=1S/C9H13N3/c1-8-3-2-6-12(8)9-4-5-10-7-11-9/h4-5,7-8H,2-3,6H2,1H3. The third-order valence-electron chi connectivity index (χ3n) is 2.41. The molecule has 1 aliphatic heterocycles. The minimum Gasteiger partial charge on any atom is -0.354 e. The van der Waals surface area contributed by atoms with Gasteiger partial charge in [-0.1, -0.05) is 0 Å². The van der Waals surface area contributed by atoms with Crippen molar-refractivity contribution < 1.29 is 0 Å². The molecule has 1 aliphatic rings. The molecule has 0 spiro atoms. The van der Waals surface area contributed by atoms with Crippen LogP contribution in [0.4, 0.5) is 5.82 Å². The van der Waals surface area contributed by atoms with Crippen molar-refractivity contribution in [2.24, 2.45) is 0 Å². The maximum Gasteiger partial charge on any atom is 0.132 e. The first-order chi connectivity index (χ1) is 5.88. The van der Waals surface area contributed by atoms with E-state index in [0.717, 1.165) is 12.4 Å². The van der Waals surface area contributed by atoms with Crippen molar-refractivity contribution in [1.29, 1.82) is 0 Å². The van der Waals surface area contributed by atoms with E-state index in [1.807, 2.05) is 6.07 Å². The lowest BCUT2D eigenvalue weighted by molar-refractivity contribution is 0.726. The molecule has 2 heterocycles. The lowest BCUT2D eigenvalue weighted by Crippen LogP contribution is -2.26. The van der Waals surface area contributed by atoms with Gasteiger partial charge < -0.3 is 4.90 Å². The van der Waals surface area contributed by atoms with E-state index < -0.39 is 0 Å². The maximum absolute atomic E-state index is 4.23. The molecule has 12 heavy (non-hydrogen) atoms. The summed E-state index contributed by atoms with van der Waals surface area (Å²) >= 11 is 0. The Balaban J connectivity index is 2.19. The number of rotatable bonds is 1. The smallest absolute Gasteiger partial charge is 0.132 e. The molecule has 0 aliphatic carbocycles. The average molecular weight is 163 g/mol. The summed E-state index contributed by atoms with van der Waals surface area (Å²) in [6.45, 7) is 3.38. The van der Waals surface area contributed by atoms with E-state index in [-0.39, 0.29) is 0 Å². The quantitative estimate of drug-likeness (QED) is 0.627. The number of nitrogens with zero attached hydrogens (tertiary/aromatic N) is 3. The van der Waals surface area contributed by atoms with Gasteiger partial charge in [-0.15, -0.1) is 0 Å². The molecule has 0 aromatic carbocycles. The first kappa shape index (κ1) is 7.53. The summed E-state index contributed by atoms with van der Waals surface area (Å²) in [4.78, 5) is 10.5. The molecule has 0 radical (unpaired) electrons. The molecule has 0 bridgehead atoms. The summed E-state index contributed by atoms with van der Waals surface area (Å²) in [7, 11) is 0. The maximum atomic E-state index is 4.23. The van der Waals surface area contributed by atoms with Crippen LogP contribution in [0.15, 0.2) is 18.6 Å². The lowest BCUT2D eigenvalue weighted by atomic mass is 10.2. The van der Waals surface area contributed by atoms with E-state index in [0.29, 0.717) is 6.04 Å². The first-order valence-electron chi connectivity index (χ1n) is 4.40. The van der Waals surface area contributed by atoms with Gasteiger partial charge in [0.25, 0.3) is 0 Å². The van der Waals surface area contributed by atoms with Gasteiger partial charge in [0.05, 0.1) is 0 Å². The van der Waals surface area contributed by atoms with Crippen LogP contribution in [0, 0.1) is 0 Å². The molecule has 3 nitrogen and oxygen atoms in total. The van der Waals surface area contributed by atoms with Gasteiger partial charge in [0.15, 0.2) is 0 Å². The van der Waals surface area contributed by atoms with Crippen LogP contribution >= 0.6 is 0 Å². The van der Waals surface area contributed by atoms with E-state index >= 15 is 0 Å². The van der Waals surface area contributed by atoms with E-state index in [1.54, 1.807) is 12.5 Å². The molecule has 1 unspecified atom stereocenters. The highest BCUT2D eigenvalue weighted by molar-refractivity contribution is 5.38. The average Bonchev–Trinajstić information content (AvgIpc) is 2.53. The van der Waals surface area contributed by atoms with Crippen LogP contribution in [-0.4, -0.2) is 22.6 Å². The van der Waals surface area contributed by atoms with E-state index in [9.17, 15) is 0 Å². The van der Waals surface area contributed by atoms with Gasteiger partial charge in [0, 0.05) is 18.8 Å². The summed E-state index contributed by atoms with van der Waals surface area (Å²) in [5.41, 5.74) is 0. The number of aromatic nitrogens is 2. The summed E-state index contributed by atoms with van der Waals surface area (Å²) in [5.74, 6) is 1.06. The Hall–Kier alpha value is -1.12. The zero-order valence-corrected chi connectivity index (χ0v) is 7.27. The van der Waals surface area contributed by atoms with E-state index in [4.69, 9.17) is 0 Å². The minimum absolute atomic E-state index is 0.639. The summed E-state index contributed by atoms with van der Waals surface area (Å²) in [6, 6.07) is 2.61. The normalized spacial score (nSPS) is 23.1. The van der Waals surface area contributed by atoms with Crippen molar-refractivity contribution in [3.05, 3.63) is 18.6 Å². The highest BCUT2D eigenvalue weighted by atomic mass is 15.2. The molecule has 3 heteroatoms. The molecule has 1 aromatic rings. The van der Waals surface area contributed by atoms with E-state index in [1.165, 1.54) is 12.8 Å². The molecule has 64 valence electrons. The largest absolute Gasteiger partial charge is 0.354 e. The molecule has 1 atom stereocenters. The van der Waals surface area contributed by atoms with Crippen LogP contribution in [0.5, 0.6) is 0 Å². The van der Waals surface area contributed by atoms with Crippen molar-refractivity contribution in [3.63, 3.8) is 0 Å².